The fourth-order valence-electron chi connectivity index (χ4n) is 20.7. The summed E-state index contributed by atoms with van der Waals surface area (Å²) >= 11 is 15.2. The Morgan fingerprint density at radius 1 is 0.254 bits per heavy atom. The van der Waals surface area contributed by atoms with E-state index in [9.17, 15) is 0 Å². The normalized spacial score (nSPS) is 14.9. The molecule has 0 aliphatic carbocycles. The zero-order chi connectivity index (χ0) is 84.7. The second kappa shape index (κ2) is 38.1. The van der Waals surface area contributed by atoms with Crippen LogP contribution in [0.4, 0.5) is 0 Å². The summed E-state index contributed by atoms with van der Waals surface area (Å²) in [6.45, 7) is 28.2. The van der Waals surface area contributed by atoms with Crippen LogP contribution in [0, 0.1) is 35.5 Å². The number of thiophene rings is 8. The SMILES string of the molecule is CCCCC(CC)Cc1ccc(-c2c3cc(-c4cc5c6c(ccc7c8c(-c9cc%10c(-c%11ccc(CC(CC)CCCC)s%11)c%11sccc%11c(-c%11ccc(CC(CC)CCCC)s%11)c%10s9)cc9c%10c(ccc(c4c67)c%108)C(=O)N(CC(CC)CCCC)C9=O)C(=O)N(CC(CC)CCCC)C5=O)sc3c(-c3ccc(CC(CC)CCCC)s3)c3ccsc23)s1. The van der Waals surface area contributed by atoms with Crippen molar-refractivity contribution >= 4 is 198 Å². The standard InChI is InChI=1S/C108H122N2O4S8/c1-13-25-31-63(19-7)53-69-37-45-85(117-69)95-75-49-51-115-101(75)97(87-47-39-71(119-87)55-65(21-9)33-27-15-3)81-59-89(121-103(81)95)79-57-83-93-77(105(111)109(107(83)113)61-67(23-11)35-29-17-5)44-42-74-92-80(58-84-94-78(43-41-73(100(92)94)91(79)99(74)93)106(112)110(108(84)114)62-68(24-12)36-30-18-6)90-60-82-98(88-48-40-72(120-88)56-66(22-10)34-28-16-4)102-76(50-52-116-102)96(104(82)122-90)86-46-38-70(118-86)54-64(20-8)32-26-14-2/h37-52,57-60,63-68H,13-36,53-56,61-62H2,1-12H3. The smallest absolute Gasteiger partial charge is 0.261 e. The third-order valence-electron chi connectivity index (χ3n) is 28.1. The lowest BCUT2D eigenvalue weighted by atomic mass is 9.78. The van der Waals surface area contributed by atoms with E-state index < -0.39 is 0 Å². The predicted molar refractivity (Wildman–Crippen MR) is 539 cm³/mol. The minimum Gasteiger partial charge on any atom is -0.274 e. The molecule has 6 nitrogen and oxygen atoms in total. The Kier molecular flexibility index (Phi) is 27.1. The molecule has 0 saturated carbocycles. The number of carbonyl (C=O) groups excluding carboxylic acids is 4. The fraction of sp³-hybridized carbons (Fsp3) is 0.444. The van der Waals surface area contributed by atoms with Crippen molar-refractivity contribution in [3.63, 3.8) is 0 Å². The highest BCUT2D eigenvalue weighted by Crippen LogP contribution is 2.60. The van der Waals surface area contributed by atoms with Crippen molar-refractivity contribution in [2.75, 3.05) is 13.1 Å². The highest BCUT2D eigenvalue weighted by molar-refractivity contribution is 7.26. The van der Waals surface area contributed by atoms with E-state index in [0.717, 1.165) is 156 Å². The minimum absolute atomic E-state index is 0.142. The summed E-state index contributed by atoms with van der Waals surface area (Å²) in [7, 11) is 0. The zero-order valence-electron chi connectivity index (χ0n) is 74.0. The molecule has 0 N–H and O–H groups in total. The van der Waals surface area contributed by atoms with Gasteiger partial charge in [-0.2, -0.15) is 0 Å². The Balaban J connectivity index is 0.978. The summed E-state index contributed by atoms with van der Waals surface area (Å²) < 4.78 is 5.03. The molecular weight excluding hydrogens is 1650 g/mol. The molecule has 0 fully saturated rings. The van der Waals surface area contributed by atoms with Crippen LogP contribution in [-0.2, 0) is 25.7 Å². The van der Waals surface area contributed by atoms with E-state index in [1.54, 1.807) is 9.80 Å². The van der Waals surface area contributed by atoms with Crippen LogP contribution in [0.1, 0.15) is 298 Å². The summed E-state index contributed by atoms with van der Waals surface area (Å²) in [5, 5.41) is 16.4. The molecule has 2 aliphatic rings. The molecule has 8 aromatic heterocycles. The van der Waals surface area contributed by atoms with Gasteiger partial charge in [0, 0.05) is 169 Å². The molecule has 6 unspecified atom stereocenters. The van der Waals surface area contributed by atoms with Crippen molar-refractivity contribution in [3.05, 3.63) is 162 Å². The van der Waals surface area contributed by atoms with Gasteiger partial charge in [-0.05, 0) is 214 Å². The van der Waals surface area contributed by atoms with E-state index >= 15 is 19.2 Å². The van der Waals surface area contributed by atoms with Crippen molar-refractivity contribution in [1.82, 2.24) is 9.80 Å². The van der Waals surface area contributed by atoms with Crippen LogP contribution in [0.15, 0.2) is 120 Å². The van der Waals surface area contributed by atoms with Gasteiger partial charge >= 0.3 is 0 Å². The summed E-state index contributed by atoms with van der Waals surface area (Å²) in [6, 6.07) is 41.9. The summed E-state index contributed by atoms with van der Waals surface area (Å²) in [5.41, 5.74) is 9.09. The Labute approximate surface area is 755 Å². The first kappa shape index (κ1) is 86.9. The summed E-state index contributed by atoms with van der Waals surface area (Å²) in [4.78, 5) is 81.4. The highest BCUT2D eigenvalue weighted by atomic mass is 32.1. The molecule has 0 spiro atoms. The molecule has 0 saturated heterocycles. The maximum Gasteiger partial charge on any atom is 0.261 e. The van der Waals surface area contributed by atoms with Crippen molar-refractivity contribution in [2.24, 2.45) is 35.5 Å². The molecule has 7 aromatic carbocycles. The van der Waals surface area contributed by atoms with Crippen LogP contribution in [-0.4, -0.2) is 46.5 Å². The Morgan fingerprint density at radius 3 is 0.852 bits per heavy atom. The molecule has 14 heteroatoms. The van der Waals surface area contributed by atoms with E-state index in [1.165, 1.54) is 179 Å². The van der Waals surface area contributed by atoms with Crippen molar-refractivity contribution in [1.29, 1.82) is 0 Å². The number of amides is 4. The average Bonchev–Trinajstić information content (AvgIpc) is 0.891. The Hall–Kier alpha value is -7.24. The second-order valence-electron chi connectivity index (χ2n) is 35.9. The van der Waals surface area contributed by atoms with Gasteiger partial charge in [0.05, 0.1) is 0 Å². The van der Waals surface area contributed by atoms with Crippen molar-refractivity contribution < 1.29 is 19.2 Å². The molecule has 15 aromatic rings. The van der Waals surface area contributed by atoms with Crippen LogP contribution in [0.3, 0.4) is 0 Å². The number of imide groups is 2. The number of rotatable bonds is 42. The number of carbonyl (C=O) groups is 4. The quantitative estimate of drug-likeness (QED) is 0.0217. The molecule has 17 rings (SSSR count). The molecule has 6 atom stereocenters. The number of benzene rings is 7. The molecule has 2 aliphatic heterocycles. The van der Waals surface area contributed by atoms with Crippen molar-refractivity contribution in [2.45, 2.75) is 263 Å². The van der Waals surface area contributed by atoms with Gasteiger partial charge in [-0.25, -0.2) is 0 Å². The van der Waals surface area contributed by atoms with Crippen molar-refractivity contribution in [3.8, 4) is 62.6 Å². The van der Waals surface area contributed by atoms with Crippen LogP contribution < -0.4 is 0 Å². The van der Waals surface area contributed by atoms with E-state index in [4.69, 9.17) is 0 Å². The van der Waals surface area contributed by atoms with E-state index in [2.05, 4.69) is 191 Å². The van der Waals surface area contributed by atoms with E-state index in [1.807, 2.05) is 103 Å². The van der Waals surface area contributed by atoms with E-state index in [-0.39, 0.29) is 35.5 Å². The van der Waals surface area contributed by atoms with Crippen LogP contribution in [0.5, 0.6) is 0 Å². The van der Waals surface area contributed by atoms with Gasteiger partial charge in [-0.15, -0.1) is 90.7 Å². The van der Waals surface area contributed by atoms with Gasteiger partial charge in [-0.3, -0.25) is 29.0 Å². The Morgan fingerprint density at radius 2 is 0.549 bits per heavy atom. The topological polar surface area (TPSA) is 74.8 Å². The summed E-state index contributed by atoms with van der Waals surface area (Å²) in [6.07, 6.45) is 31.3. The van der Waals surface area contributed by atoms with Crippen LogP contribution in [0.25, 0.3) is 146 Å². The van der Waals surface area contributed by atoms with Gasteiger partial charge in [0.25, 0.3) is 23.6 Å². The van der Waals surface area contributed by atoms with Gasteiger partial charge in [-0.1, -0.05) is 236 Å². The molecule has 0 radical (unpaired) electrons. The summed E-state index contributed by atoms with van der Waals surface area (Å²) in [5.74, 6) is 1.78. The van der Waals surface area contributed by atoms with Crippen LogP contribution >= 0.6 is 90.7 Å². The fourth-order valence-corrected chi connectivity index (χ4v) is 30.2. The Bertz CT molecular complexity index is 5750. The third-order valence-corrected chi connectivity index (χ3v) is 36.8. The second-order valence-corrected chi connectivity index (χ2v) is 44.5. The average molecular weight is 1770 g/mol. The third kappa shape index (κ3) is 16.2. The largest absolute Gasteiger partial charge is 0.274 e. The molecular formula is C108H122N2O4S8. The molecule has 10 heterocycles. The first-order valence-corrected chi connectivity index (χ1v) is 53.6. The predicted octanol–water partition coefficient (Wildman–Crippen LogP) is 35.5. The number of hydrogen-bond donors (Lipinski definition) is 0. The number of nitrogens with zero attached hydrogens (tertiary/aromatic N) is 2. The number of unbranched alkanes of at least 4 members (excludes halogenated alkanes) is 6. The van der Waals surface area contributed by atoms with Gasteiger partial charge in [0.1, 0.15) is 0 Å². The highest BCUT2D eigenvalue weighted by Gasteiger charge is 2.41. The first-order chi connectivity index (χ1) is 59.6. The number of fused-ring (bicyclic) bond motifs is 6. The zero-order valence-corrected chi connectivity index (χ0v) is 80.5. The van der Waals surface area contributed by atoms with Gasteiger partial charge in [0.2, 0.25) is 0 Å². The first-order valence-electron chi connectivity index (χ1n) is 46.9. The van der Waals surface area contributed by atoms with Crippen LogP contribution in [0.2, 0.25) is 0 Å². The van der Waals surface area contributed by atoms with E-state index in [0.29, 0.717) is 69.8 Å². The van der Waals surface area contributed by atoms with Gasteiger partial charge in [0.15, 0.2) is 0 Å². The molecule has 4 amide bonds. The molecule has 636 valence electrons. The lowest BCUT2D eigenvalue weighted by Gasteiger charge is -2.33. The monoisotopic (exact) mass is 1770 g/mol. The lowest BCUT2D eigenvalue weighted by molar-refractivity contribution is 0.0565. The molecule has 0 bridgehead atoms. The molecule has 122 heavy (non-hydrogen) atoms. The maximum absolute atomic E-state index is 16.6. The number of hydrogen-bond acceptors (Lipinski definition) is 12. The van der Waals surface area contributed by atoms with Gasteiger partial charge < -0.3 is 0 Å². The maximum atomic E-state index is 16.6. The lowest BCUT2D eigenvalue weighted by Crippen LogP contribution is -2.43. The minimum atomic E-state index is -0.247.